The topological polar surface area (TPSA) is 80.0 Å². The fourth-order valence-electron chi connectivity index (χ4n) is 3.80. The van der Waals surface area contributed by atoms with Gasteiger partial charge in [-0.05, 0) is 18.2 Å². The van der Waals surface area contributed by atoms with Crippen LogP contribution in [0.5, 0.6) is 11.5 Å². The van der Waals surface area contributed by atoms with Gasteiger partial charge in [-0.3, -0.25) is 9.89 Å². The molecular weight excluding hydrogens is 406 g/mol. The van der Waals surface area contributed by atoms with Gasteiger partial charge in [-0.25, -0.2) is 0 Å². The number of nitrogens with zero attached hydrogens (tertiary/aromatic N) is 6. The van der Waals surface area contributed by atoms with Crippen molar-refractivity contribution in [3.63, 3.8) is 0 Å². The van der Waals surface area contributed by atoms with Crippen LogP contribution in [-0.2, 0) is 19.5 Å². The molecule has 174 valence electrons. The molecule has 1 aliphatic heterocycles. The number of aromatic nitrogens is 3. The van der Waals surface area contributed by atoms with Crippen molar-refractivity contribution >= 4 is 5.96 Å². The molecule has 3 rings (SSSR count). The maximum Gasteiger partial charge on any atom is 0.194 e. The first kappa shape index (κ1) is 23.6. The lowest BCUT2D eigenvalue weighted by Gasteiger charge is -2.36. The number of ether oxygens (including phenoxy) is 2. The fraction of sp³-hybridized carbons (Fsp3) is 0.522. The first-order chi connectivity index (χ1) is 15.7. The van der Waals surface area contributed by atoms with Crippen molar-refractivity contribution in [2.75, 3.05) is 53.5 Å². The Morgan fingerprint density at radius 2 is 2.03 bits per heavy atom. The molecule has 2 heterocycles. The zero-order chi connectivity index (χ0) is 22.8. The van der Waals surface area contributed by atoms with Crippen molar-refractivity contribution in [1.82, 2.24) is 29.9 Å². The number of aliphatic imine (C=N–C) groups is 1. The first-order valence-corrected chi connectivity index (χ1v) is 11.1. The molecule has 2 aromatic rings. The second-order valence-electron chi connectivity index (χ2n) is 7.61. The van der Waals surface area contributed by atoms with Crippen molar-refractivity contribution in [1.29, 1.82) is 0 Å². The number of rotatable bonds is 10. The largest absolute Gasteiger partial charge is 0.497 e. The third kappa shape index (κ3) is 6.23. The van der Waals surface area contributed by atoms with Crippen LogP contribution >= 0.6 is 0 Å². The highest BCUT2D eigenvalue weighted by atomic mass is 16.5. The Hall–Kier alpha value is -3.07. The van der Waals surface area contributed by atoms with Crippen molar-refractivity contribution < 1.29 is 9.47 Å². The fourth-order valence-corrected chi connectivity index (χ4v) is 3.80. The normalized spacial score (nSPS) is 15.0. The third-order valence-electron chi connectivity index (χ3n) is 5.57. The molecular formula is C23H35N7O2. The molecule has 1 aromatic heterocycles. The van der Waals surface area contributed by atoms with E-state index in [1.165, 1.54) is 0 Å². The molecule has 9 nitrogen and oxygen atoms in total. The van der Waals surface area contributed by atoms with Crippen LogP contribution < -0.4 is 14.8 Å². The monoisotopic (exact) mass is 441 g/mol. The molecule has 0 bridgehead atoms. The summed E-state index contributed by atoms with van der Waals surface area (Å²) in [5.74, 6) is 3.65. The van der Waals surface area contributed by atoms with Crippen LogP contribution in [0.15, 0.2) is 42.2 Å². The Kier molecular flexibility index (Phi) is 8.91. The summed E-state index contributed by atoms with van der Waals surface area (Å²) >= 11 is 0. The van der Waals surface area contributed by atoms with Gasteiger partial charge in [-0.1, -0.05) is 13.0 Å². The van der Waals surface area contributed by atoms with Gasteiger partial charge in [-0.2, -0.15) is 0 Å². The SMILES string of the molecule is C=CCNC(=NCCn1cnnc1CC)N1CCN(Cc2cc(OC)ccc2OC)CC1. The van der Waals surface area contributed by atoms with Gasteiger partial charge in [0.05, 0.1) is 20.8 Å². The van der Waals surface area contributed by atoms with Crippen LogP contribution in [-0.4, -0.2) is 84.0 Å². The number of piperazine rings is 1. The van der Waals surface area contributed by atoms with E-state index in [0.717, 1.165) is 74.5 Å². The van der Waals surface area contributed by atoms with E-state index in [1.54, 1.807) is 20.5 Å². The molecule has 1 aliphatic rings. The molecule has 32 heavy (non-hydrogen) atoms. The standard InChI is InChI=1S/C23H35N7O2/c1-5-9-24-23(25-10-11-30-18-26-27-22(30)6-2)29-14-12-28(13-15-29)17-19-16-20(31-3)7-8-21(19)32-4/h5,7-8,16,18H,1,6,9-15,17H2,2-4H3,(H,24,25). The molecule has 0 aliphatic carbocycles. The summed E-state index contributed by atoms with van der Waals surface area (Å²) in [5, 5.41) is 11.5. The maximum atomic E-state index is 5.54. The summed E-state index contributed by atoms with van der Waals surface area (Å²) in [7, 11) is 3.40. The Labute approximate surface area is 190 Å². The van der Waals surface area contributed by atoms with Gasteiger partial charge in [0.2, 0.25) is 0 Å². The summed E-state index contributed by atoms with van der Waals surface area (Å²) in [4.78, 5) is 9.60. The van der Waals surface area contributed by atoms with E-state index in [-0.39, 0.29) is 0 Å². The van der Waals surface area contributed by atoms with E-state index >= 15 is 0 Å². The van der Waals surface area contributed by atoms with E-state index in [9.17, 15) is 0 Å². The van der Waals surface area contributed by atoms with Crippen LogP contribution in [0.2, 0.25) is 0 Å². The van der Waals surface area contributed by atoms with Gasteiger partial charge in [0.15, 0.2) is 5.96 Å². The zero-order valence-electron chi connectivity index (χ0n) is 19.5. The molecule has 9 heteroatoms. The van der Waals surface area contributed by atoms with Crippen LogP contribution in [0.4, 0.5) is 0 Å². The molecule has 0 spiro atoms. The lowest BCUT2D eigenvalue weighted by molar-refractivity contribution is 0.171. The lowest BCUT2D eigenvalue weighted by atomic mass is 10.1. The summed E-state index contributed by atoms with van der Waals surface area (Å²) < 4.78 is 13.0. The Morgan fingerprint density at radius 1 is 1.22 bits per heavy atom. The van der Waals surface area contributed by atoms with Crippen molar-refractivity contribution in [3.05, 3.63) is 48.6 Å². The second-order valence-corrected chi connectivity index (χ2v) is 7.61. The molecule has 1 fully saturated rings. The predicted octanol–water partition coefficient (Wildman–Crippen LogP) is 1.81. The van der Waals surface area contributed by atoms with Crippen LogP contribution in [0, 0.1) is 0 Å². The van der Waals surface area contributed by atoms with Crippen LogP contribution in [0.25, 0.3) is 0 Å². The molecule has 1 aromatic carbocycles. The Bertz CT molecular complexity index is 888. The quantitative estimate of drug-likeness (QED) is 0.342. The Balaban J connectivity index is 1.58. The van der Waals surface area contributed by atoms with Gasteiger partial charge in [0.1, 0.15) is 23.7 Å². The average molecular weight is 442 g/mol. The second kappa shape index (κ2) is 12.1. The van der Waals surface area contributed by atoms with Gasteiger partial charge < -0.3 is 24.3 Å². The van der Waals surface area contributed by atoms with Crippen molar-refractivity contribution in [2.24, 2.45) is 4.99 Å². The van der Waals surface area contributed by atoms with E-state index in [2.05, 4.69) is 49.5 Å². The maximum absolute atomic E-state index is 5.54. The minimum Gasteiger partial charge on any atom is -0.497 e. The average Bonchev–Trinajstić information content (AvgIpc) is 3.29. The van der Waals surface area contributed by atoms with E-state index in [4.69, 9.17) is 14.5 Å². The van der Waals surface area contributed by atoms with E-state index in [0.29, 0.717) is 13.1 Å². The number of benzene rings is 1. The van der Waals surface area contributed by atoms with Gasteiger partial charge in [0, 0.05) is 57.8 Å². The molecule has 0 radical (unpaired) electrons. The predicted molar refractivity (Wildman–Crippen MR) is 126 cm³/mol. The summed E-state index contributed by atoms with van der Waals surface area (Å²) in [6, 6.07) is 5.95. The highest BCUT2D eigenvalue weighted by Gasteiger charge is 2.21. The molecule has 1 N–H and O–H groups in total. The smallest absolute Gasteiger partial charge is 0.194 e. The van der Waals surface area contributed by atoms with Gasteiger partial charge in [0.25, 0.3) is 0 Å². The minimum absolute atomic E-state index is 0.672. The molecule has 0 atom stereocenters. The van der Waals surface area contributed by atoms with Gasteiger partial charge in [-0.15, -0.1) is 16.8 Å². The number of methoxy groups -OCH3 is 2. The highest BCUT2D eigenvalue weighted by molar-refractivity contribution is 5.80. The van der Waals surface area contributed by atoms with Gasteiger partial charge >= 0.3 is 0 Å². The first-order valence-electron chi connectivity index (χ1n) is 11.1. The molecule has 1 saturated heterocycles. The third-order valence-corrected chi connectivity index (χ3v) is 5.57. The zero-order valence-corrected chi connectivity index (χ0v) is 19.5. The summed E-state index contributed by atoms with van der Waals surface area (Å²) in [5.41, 5.74) is 1.14. The number of hydrogen-bond donors (Lipinski definition) is 1. The Morgan fingerprint density at radius 3 is 2.72 bits per heavy atom. The molecule has 0 saturated carbocycles. The highest BCUT2D eigenvalue weighted by Crippen LogP contribution is 2.25. The summed E-state index contributed by atoms with van der Waals surface area (Å²) in [6.45, 7) is 12.6. The molecule has 0 amide bonds. The van der Waals surface area contributed by atoms with Crippen molar-refractivity contribution in [2.45, 2.75) is 26.4 Å². The van der Waals surface area contributed by atoms with Crippen molar-refractivity contribution in [3.8, 4) is 11.5 Å². The summed E-state index contributed by atoms with van der Waals surface area (Å²) in [6.07, 6.45) is 4.50. The lowest BCUT2D eigenvalue weighted by Crippen LogP contribution is -2.52. The van der Waals surface area contributed by atoms with Crippen LogP contribution in [0.3, 0.4) is 0 Å². The number of hydrogen-bond acceptors (Lipinski definition) is 6. The minimum atomic E-state index is 0.672. The van der Waals surface area contributed by atoms with Crippen LogP contribution in [0.1, 0.15) is 18.3 Å². The van der Waals surface area contributed by atoms with E-state index in [1.807, 2.05) is 18.2 Å². The molecule has 0 unspecified atom stereocenters. The number of nitrogens with one attached hydrogen (secondary N) is 1. The number of aryl methyl sites for hydroxylation is 1. The number of guanidine groups is 1. The van der Waals surface area contributed by atoms with E-state index < -0.39 is 0 Å².